The highest BCUT2D eigenvalue weighted by atomic mass is 35.5. The van der Waals surface area contributed by atoms with Gasteiger partial charge in [0.1, 0.15) is 18.1 Å². The first-order valence-corrected chi connectivity index (χ1v) is 15.0. The van der Waals surface area contributed by atoms with Crippen molar-refractivity contribution in [1.29, 1.82) is 0 Å². The number of aliphatic hydroxyl groups is 2. The van der Waals surface area contributed by atoms with Crippen LogP contribution in [0.5, 0.6) is 0 Å². The molecule has 1 aliphatic rings. The smallest absolute Gasteiger partial charge is 0.335 e. The van der Waals surface area contributed by atoms with Gasteiger partial charge in [-0.25, -0.2) is 4.98 Å². The molecule has 0 bridgehead atoms. The number of hydrogen-bond acceptors (Lipinski definition) is 8. The molecule has 0 saturated carbocycles. The number of fused-ring (bicyclic) bond motifs is 2. The first kappa shape index (κ1) is 25.5. The maximum absolute atomic E-state index is 12.2. The van der Waals surface area contributed by atoms with Gasteiger partial charge in [0, 0.05) is 12.4 Å². The summed E-state index contributed by atoms with van der Waals surface area (Å²) in [5.41, 5.74) is 1.45. The van der Waals surface area contributed by atoms with Crippen molar-refractivity contribution in [1.82, 2.24) is 24.1 Å². The summed E-state index contributed by atoms with van der Waals surface area (Å²) in [6, 6.07) is 9.55. The fourth-order valence-corrected chi connectivity index (χ4v) is 8.07. The molecule has 1 fully saturated rings. The van der Waals surface area contributed by atoms with E-state index in [0.29, 0.717) is 11.3 Å². The zero-order chi connectivity index (χ0) is 25.8. The van der Waals surface area contributed by atoms with Gasteiger partial charge in [-0.15, -0.1) is 0 Å². The van der Waals surface area contributed by atoms with Crippen molar-refractivity contribution in [3.8, 4) is 5.82 Å². The zero-order valence-corrected chi connectivity index (χ0v) is 21.0. The molecule has 4 heterocycles. The van der Waals surface area contributed by atoms with Crippen molar-refractivity contribution in [2.45, 2.75) is 31.0 Å². The van der Waals surface area contributed by atoms with Crippen LogP contribution in [0.3, 0.4) is 0 Å². The molecule has 5 rings (SSSR count). The second-order valence-electron chi connectivity index (χ2n) is 8.60. The number of aromatic nitrogens is 5. The first-order valence-electron chi connectivity index (χ1n) is 10.8. The fraction of sp³-hybridized carbons (Fsp3) is 0.350. The summed E-state index contributed by atoms with van der Waals surface area (Å²) in [4.78, 5) is 40.9. The van der Waals surface area contributed by atoms with Crippen molar-refractivity contribution in [2.24, 2.45) is 0 Å². The number of ether oxygens (including phenoxy) is 1. The topological polar surface area (TPSA) is 193 Å². The minimum atomic E-state index is -4.71. The van der Waals surface area contributed by atoms with E-state index in [-0.39, 0.29) is 17.4 Å². The average Bonchev–Trinajstić information content (AvgIpc) is 3.47. The number of aliphatic hydroxyl groups excluding tert-OH is 2. The molecular weight excluding hydrogens is 536 g/mol. The molecule has 0 spiro atoms. The van der Waals surface area contributed by atoms with E-state index in [1.807, 2.05) is 36.5 Å². The van der Waals surface area contributed by atoms with E-state index in [9.17, 15) is 24.2 Å². The van der Waals surface area contributed by atoms with Gasteiger partial charge in [-0.3, -0.25) is 18.3 Å². The molecule has 36 heavy (non-hydrogen) atoms. The number of imidazole rings is 1. The summed E-state index contributed by atoms with van der Waals surface area (Å²) in [5, 5.41) is 22.1. The van der Waals surface area contributed by atoms with Crippen LogP contribution in [0, 0.1) is 0 Å². The molecule has 13 nitrogen and oxygen atoms in total. The Labute approximate surface area is 208 Å². The Morgan fingerprint density at radius 1 is 1.06 bits per heavy atom. The molecule has 1 saturated heterocycles. The van der Waals surface area contributed by atoms with Crippen molar-refractivity contribution in [2.75, 3.05) is 12.1 Å². The number of hydrogen-bond donors (Lipinski definition) is 5. The van der Waals surface area contributed by atoms with Crippen molar-refractivity contribution in [3.05, 3.63) is 48.1 Å². The molecule has 16 heteroatoms. The molecule has 1 aliphatic heterocycles. The van der Waals surface area contributed by atoms with E-state index in [0.717, 1.165) is 10.9 Å². The fourth-order valence-electron chi connectivity index (χ4n) is 4.38. The van der Waals surface area contributed by atoms with E-state index in [4.69, 9.17) is 26.1 Å². The Bertz CT molecular complexity index is 1540. The first-order chi connectivity index (χ1) is 16.9. The molecule has 3 aromatic heterocycles. The monoisotopic (exact) mass is 557 g/mol. The lowest BCUT2D eigenvalue weighted by Crippen LogP contribution is -2.32. The van der Waals surface area contributed by atoms with Crippen molar-refractivity contribution in [3.63, 3.8) is 0 Å². The highest BCUT2D eigenvalue weighted by molar-refractivity contribution is 7.72. The Morgan fingerprint density at radius 2 is 1.81 bits per heavy atom. The summed E-state index contributed by atoms with van der Waals surface area (Å²) < 4.78 is 32.2. The summed E-state index contributed by atoms with van der Waals surface area (Å²) in [6.07, 6.45) is -2.68. The molecule has 0 radical (unpaired) electrons. The van der Waals surface area contributed by atoms with E-state index in [1.165, 1.54) is 10.9 Å². The Hall–Kier alpha value is -2.18. The summed E-state index contributed by atoms with van der Waals surface area (Å²) in [6.45, 7) is 0. The summed E-state index contributed by atoms with van der Waals surface area (Å²) in [7, 11) is -8.90. The highest BCUT2D eigenvalue weighted by Crippen LogP contribution is 2.55. The van der Waals surface area contributed by atoms with E-state index in [1.54, 1.807) is 4.57 Å². The molecule has 2 unspecified atom stereocenters. The second kappa shape index (κ2) is 9.29. The van der Waals surface area contributed by atoms with E-state index in [2.05, 4.69) is 15.0 Å². The third-order valence-electron chi connectivity index (χ3n) is 5.98. The molecule has 0 aliphatic carbocycles. The van der Waals surface area contributed by atoms with Crippen LogP contribution < -0.4 is 0 Å². The van der Waals surface area contributed by atoms with E-state index < -0.39 is 51.6 Å². The largest absolute Gasteiger partial charge is 0.388 e. The average molecular weight is 558 g/mol. The van der Waals surface area contributed by atoms with Crippen LogP contribution in [0.15, 0.2) is 42.9 Å². The highest BCUT2D eigenvalue weighted by Gasteiger charge is 2.45. The van der Waals surface area contributed by atoms with Crippen LogP contribution in [0.4, 0.5) is 0 Å². The third kappa shape index (κ3) is 4.87. The third-order valence-corrected chi connectivity index (χ3v) is 10.4. The lowest BCUT2D eigenvalue weighted by Gasteiger charge is -2.18. The quantitative estimate of drug-likeness (QED) is 0.164. The van der Waals surface area contributed by atoms with Gasteiger partial charge in [0.15, 0.2) is 23.2 Å². The number of rotatable bonds is 7. The molecule has 0 amide bonds. The van der Waals surface area contributed by atoms with Gasteiger partial charge in [-0.2, -0.15) is 9.97 Å². The lowest BCUT2D eigenvalue weighted by atomic mass is 10.1. The molecule has 5 N–H and O–H groups in total. The molecule has 5 atom stereocenters. The number of para-hydroxylation sites is 1. The van der Waals surface area contributed by atoms with Crippen LogP contribution in [0.25, 0.3) is 27.9 Å². The predicted molar refractivity (Wildman–Crippen MR) is 129 cm³/mol. The maximum Gasteiger partial charge on any atom is 0.335 e. The lowest BCUT2D eigenvalue weighted by molar-refractivity contribution is -0.0354. The van der Waals surface area contributed by atoms with Gasteiger partial charge in [-0.05, 0) is 35.5 Å². The van der Waals surface area contributed by atoms with Gasteiger partial charge in [0.2, 0.25) is 12.7 Å². The van der Waals surface area contributed by atoms with Gasteiger partial charge >= 0.3 is 7.60 Å². The van der Waals surface area contributed by atoms with E-state index >= 15 is 0 Å². The van der Waals surface area contributed by atoms with Gasteiger partial charge in [0.25, 0.3) is 0 Å². The van der Waals surface area contributed by atoms with Gasteiger partial charge in [0.05, 0.1) is 17.9 Å². The van der Waals surface area contributed by atoms with Crippen LogP contribution in [-0.4, -0.2) is 79.4 Å². The zero-order valence-electron chi connectivity index (χ0n) is 18.4. The van der Waals surface area contributed by atoms with Crippen LogP contribution >= 0.6 is 26.6 Å². The molecule has 1 aromatic carbocycles. The maximum atomic E-state index is 12.2. The summed E-state index contributed by atoms with van der Waals surface area (Å²) in [5.74, 6) is -0.777. The standard InChI is InChI=1S/C20H22ClN5O8P2/c21-20-23-17(25-7-5-11-3-1-2-4-12(11)25)14-18(24-20)26(9-22-14)19-16(28)15(27)13(34-19)6-8-35(29,30)10-36(31,32)33/h1-5,7,9,13,15-16,19,27-28H,6,8,10H2,(H,29,30)(H2,31,32,33)/t13-,15?,16+,19-/m1/s1. The Kier molecular flexibility index (Phi) is 6.57. The Morgan fingerprint density at radius 3 is 2.56 bits per heavy atom. The van der Waals surface area contributed by atoms with Gasteiger partial charge in [-0.1, -0.05) is 18.2 Å². The van der Waals surface area contributed by atoms with Crippen LogP contribution in [-0.2, 0) is 13.9 Å². The second-order valence-corrected chi connectivity index (χ2v) is 13.5. The normalized spacial score (nSPS) is 24.5. The Balaban J connectivity index is 1.45. The summed E-state index contributed by atoms with van der Waals surface area (Å²) >= 11 is 6.22. The van der Waals surface area contributed by atoms with Crippen molar-refractivity contribution >= 4 is 48.6 Å². The number of benzene rings is 1. The minimum absolute atomic E-state index is 0.0831. The van der Waals surface area contributed by atoms with Crippen LogP contribution in [0.1, 0.15) is 12.6 Å². The predicted octanol–water partition coefficient (Wildman–Crippen LogP) is 1.84. The van der Waals surface area contributed by atoms with Crippen molar-refractivity contribution < 1.29 is 38.8 Å². The molecule has 192 valence electrons. The number of halogens is 1. The SMILES string of the molecule is O=P(O)(O)CP(=O)(O)CC[C@H]1O[C@@H](n2cnc3c(-n4ccc5ccccc54)nc(Cl)nc32)[C@@H](O)C1O. The molecular formula is C20H22ClN5O8P2. The minimum Gasteiger partial charge on any atom is -0.388 e. The number of nitrogens with zero attached hydrogens (tertiary/aromatic N) is 5. The van der Waals surface area contributed by atoms with Crippen LogP contribution in [0.2, 0.25) is 5.28 Å². The van der Waals surface area contributed by atoms with Gasteiger partial charge < -0.3 is 29.6 Å². The molecule has 4 aromatic rings.